The number of hydrogen-bond acceptors (Lipinski definition) is 3. The second-order valence-corrected chi connectivity index (χ2v) is 10.7. The van der Waals surface area contributed by atoms with Gasteiger partial charge in [0.2, 0.25) is 0 Å². The van der Waals surface area contributed by atoms with Gasteiger partial charge >= 0.3 is 6.18 Å². The largest absolute Gasteiger partial charge is 0.416 e. The highest BCUT2D eigenvalue weighted by Crippen LogP contribution is 2.44. The molecule has 186 valence electrons. The van der Waals surface area contributed by atoms with Gasteiger partial charge in [-0.3, -0.25) is 4.90 Å². The Kier molecular flexibility index (Phi) is 5.88. The van der Waals surface area contributed by atoms with Crippen LogP contribution in [0.3, 0.4) is 0 Å². The topological polar surface area (TPSA) is 33.1 Å². The van der Waals surface area contributed by atoms with E-state index < -0.39 is 11.7 Å². The molecule has 2 atom stereocenters. The molecule has 6 rings (SSSR count). The lowest BCUT2D eigenvalue weighted by Crippen LogP contribution is -2.47. The number of aromatic nitrogens is 2. The van der Waals surface area contributed by atoms with Gasteiger partial charge in [0.15, 0.2) is 0 Å². The van der Waals surface area contributed by atoms with Crippen molar-refractivity contribution in [3.8, 4) is 0 Å². The molecule has 0 radical (unpaired) electrons. The number of fused-ring (bicyclic) bond motifs is 3. The molecule has 0 saturated carbocycles. The van der Waals surface area contributed by atoms with E-state index in [1.54, 1.807) is 6.07 Å². The second kappa shape index (κ2) is 8.93. The summed E-state index contributed by atoms with van der Waals surface area (Å²) in [5.74, 6) is 0. The van der Waals surface area contributed by atoms with Crippen LogP contribution in [0.15, 0.2) is 54.9 Å². The van der Waals surface area contributed by atoms with Gasteiger partial charge in [-0.2, -0.15) is 13.2 Å². The van der Waals surface area contributed by atoms with Gasteiger partial charge in [0.05, 0.1) is 22.9 Å². The first-order chi connectivity index (χ1) is 16.9. The van der Waals surface area contributed by atoms with Gasteiger partial charge in [0.25, 0.3) is 0 Å². The third kappa shape index (κ3) is 4.27. The molecular weight excluding hydrogens is 449 g/mol. The summed E-state index contributed by atoms with van der Waals surface area (Å²) < 4.78 is 42.8. The first-order valence-corrected chi connectivity index (χ1v) is 13.0. The van der Waals surface area contributed by atoms with E-state index in [1.165, 1.54) is 30.5 Å². The maximum absolute atomic E-state index is 13.5. The lowest BCUT2D eigenvalue weighted by molar-refractivity contribution is -0.137. The Labute approximate surface area is 204 Å². The van der Waals surface area contributed by atoms with Crippen molar-refractivity contribution in [1.82, 2.24) is 19.8 Å². The van der Waals surface area contributed by atoms with Gasteiger partial charge in [-0.05, 0) is 93.8 Å². The standard InChI is InChI=1S/C28H33F3N4/c29-28(30,31)21-5-3-4-20(16-21)27(10-13-32-14-11-27)12-15-34-22-8-9-23(34)18-24(17-22)35-19-33-25-6-1-2-7-26(25)35/h1-7,16,19,22-24,32H,8-15,17-18H2. The predicted molar refractivity (Wildman–Crippen MR) is 131 cm³/mol. The van der Waals surface area contributed by atoms with Gasteiger partial charge in [0, 0.05) is 18.1 Å². The van der Waals surface area contributed by atoms with Gasteiger partial charge in [-0.25, -0.2) is 4.98 Å². The van der Waals surface area contributed by atoms with E-state index >= 15 is 0 Å². The summed E-state index contributed by atoms with van der Waals surface area (Å²) >= 11 is 0. The summed E-state index contributed by atoms with van der Waals surface area (Å²) in [5, 5.41) is 3.41. The minimum Gasteiger partial charge on any atom is -0.327 e. The molecule has 7 heteroatoms. The molecular formula is C28H33F3N4. The molecule has 2 aromatic carbocycles. The van der Waals surface area contributed by atoms with Crippen LogP contribution in [0.25, 0.3) is 11.0 Å². The zero-order valence-electron chi connectivity index (χ0n) is 20.0. The average molecular weight is 483 g/mol. The molecule has 1 aromatic heterocycles. The molecule has 35 heavy (non-hydrogen) atoms. The molecule has 4 heterocycles. The fraction of sp³-hybridized carbons (Fsp3) is 0.536. The van der Waals surface area contributed by atoms with Crippen LogP contribution in [0.4, 0.5) is 13.2 Å². The third-order valence-corrected chi connectivity index (χ3v) is 8.95. The number of rotatable bonds is 5. The van der Waals surface area contributed by atoms with Gasteiger partial charge < -0.3 is 9.88 Å². The molecule has 0 spiro atoms. The van der Waals surface area contributed by atoms with Crippen molar-refractivity contribution < 1.29 is 13.2 Å². The number of alkyl halides is 3. The summed E-state index contributed by atoms with van der Waals surface area (Å²) in [6.07, 6.45) is 5.07. The number of halogens is 3. The van der Waals surface area contributed by atoms with Gasteiger partial charge in [-0.1, -0.05) is 30.3 Å². The van der Waals surface area contributed by atoms with Crippen molar-refractivity contribution >= 4 is 11.0 Å². The first kappa shape index (κ1) is 23.0. The quantitative estimate of drug-likeness (QED) is 0.489. The van der Waals surface area contributed by atoms with Crippen LogP contribution in [0.2, 0.25) is 0 Å². The maximum atomic E-state index is 13.5. The van der Waals surface area contributed by atoms with Crippen molar-refractivity contribution in [2.75, 3.05) is 19.6 Å². The highest BCUT2D eigenvalue weighted by molar-refractivity contribution is 5.75. The van der Waals surface area contributed by atoms with Gasteiger partial charge in [0.1, 0.15) is 0 Å². The lowest BCUT2D eigenvalue weighted by atomic mass is 9.70. The molecule has 4 nitrogen and oxygen atoms in total. The van der Waals surface area contributed by atoms with E-state index in [0.717, 1.165) is 62.8 Å². The highest BCUT2D eigenvalue weighted by atomic mass is 19.4. The van der Waals surface area contributed by atoms with Gasteiger partial charge in [-0.15, -0.1) is 0 Å². The normalized spacial score (nSPS) is 26.9. The van der Waals surface area contributed by atoms with E-state index in [9.17, 15) is 13.2 Å². The molecule has 3 saturated heterocycles. The molecule has 2 bridgehead atoms. The van der Waals surface area contributed by atoms with E-state index in [4.69, 9.17) is 0 Å². The fourth-order valence-corrected chi connectivity index (χ4v) is 7.06. The molecule has 0 amide bonds. The molecule has 3 fully saturated rings. The molecule has 1 N–H and O–H groups in total. The van der Waals surface area contributed by atoms with Crippen molar-refractivity contribution in [1.29, 1.82) is 0 Å². The molecule has 2 unspecified atom stereocenters. The Bertz CT molecular complexity index is 1170. The van der Waals surface area contributed by atoms with Crippen LogP contribution in [0.1, 0.15) is 62.1 Å². The van der Waals surface area contributed by atoms with Crippen LogP contribution in [-0.4, -0.2) is 46.2 Å². The summed E-state index contributed by atoms with van der Waals surface area (Å²) in [6.45, 7) is 2.68. The number of imidazole rings is 1. The summed E-state index contributed by atoms with van der Waals surface area (Å²) in [6, 6.07) is 16.0. The Balaban J connectivity index is 1.20. The number of benzene rings is 2. The van der Waals surface area contributed by atoms with Crippen LogP contribution < -0.4 is 5.32 Å². The second-order valence-electron chi connectivity index (χ2n) is 10.7. The molecule has 3 aromatic rings. The van der Waals surface area contributed by atoms with E-state index in [1.807, 2.05) is 18.5 Å². The van der Waals surface area contributed by atoms with Crippen LogP contribution in [0.5, 0.6) is 0 Å². The number of hydrogen-bond donors (Lipinski definition) is 1. The Morgan fingerprint density at radius 3 is 2.43 bits per heavy atom. The zero-order valence-corrected chi connectivity index (χ0v) is 20.0. The summed E-state index contributed by atoms with van der Waals surface area (Å²) in [7, 11) is 0. The minimum absolute atomic E-state index is 0.191. The first-order valence-electron chi connectivity index (χ1n) is 13.0. The SMILES string of the molecule is FC(F)(F)c1cccc(C2(CCN3C4CCC3CC(n3cnc5ccccc53)C4)CCNCC2)c1. The number of para-hydroxylation sites is 2. The van der Waals surface area contributed by atoms with Crippen LogP contribution in [0, 0.1) is 0 Å². The minimum atomic E-state index is -4.30. The monoisotopic (exact) mass is 482 g/mol. The van der Waals surface area contributed by atoms with E-state index in [-0.39, 0.29) is 5.41 Å². The van der Waals surface area contributed by atoms with Crippen molar-refractivity contribution in [2.24, 2.45) is 0 Å². The average Bonchev–Trinajstić information content (AvgIpc) is 3.40. The fourth-order valence-electron chi connectivity index (χ4n) is 7.06. The third-order valence-electron chi connectivity index (χ3n) is 8.95. The van der Waals surface area contributed by atoms with Crippen molar-refractivity contribution in [3.63, 3.8) is 0 Å². The van der Waals surface area contributed by atoms with E-state index in [0.29, 0.717) is 18.1 Å². The van der Waals surface area contributed by atoms with Crippen molar-refractivity contribution in [3.05, 3.63) is 66.0 Å². The number of piperidine rings is 2. The summed E-state index contributed by atoms with van der Waals surface area (Å²) in [5.41, 5.74) is 2.41. The maximum Gasteiger partial charge on any atom is 0.416 e. The van der Waals surface area contributed by atoms with Crippen molar-refractivity contribution in [2.45, 2.75) is 74.7 Å². The summed E-state index contributed by atoms with van der Waals surface area (Å²) in [4.78, 5) is 7.30. The predicted octanol–water partition coefficient (Wildman–Crippen LogP) is 5.93. The number of nitrogens with one attached hydrogen (secondary N) is 1. The molecule has 0 aliphatic carbocycles. The van der Waals surface area contributed by atoms with E-state index in [2.05, 4.69) is 38.0 Å². The smallest absolute Gasteiger partial charge is 0.327 e. The lowest BCUT2D eigenvalue weighted by Gasteiger charge is -2.44. The Morgan fingerprint density at radius 1 is 0.943 bits per heavy atom. The van der Waals surface area contributed by atoms with Crippen LogP contribution in [-0.2, 0) is 11.6 Å². The molecule has 3 aliphatic heterocycles. The Hall–Kier alpha value is -2.38. The zero-order chi connectivity index (χ0) is 24.0. The highest BCUT2D eigenvalue weighted by Gasteiger charge is 2.43. The Morgan fingerprint density at radius 2 is 1.69 bits per heavy atom. The molecule has 3 aliphatic rings. The number of nitrogens with zero attached hydrogens (tertiary/aromatic N) is 3. The van der Waals surface area contributed by atoms with Crippen LogP contribution >= 0.6 is 0 Å².